The summed E-state index contributed by atoms with van der Waals surface area (Å²) in [7, 11) is 0. The first kappa shape index (κ1) is 9.68. The number of Topliss-reactive ketones (excluding diaryl/α,β-unsaturated/α-hetero) is 1. The first-order chi connectivity index (χ1) is 5.83. The van der Waals surface area contributed by atoms with Crippen LogP contribution in [0.1, 0.15) is 25.7 Å². The molecule has 0 bridgehead atoms. The Morgan fingerprint density at radius 1 is 1.25 bits per heavy atom. The van der Waals surface area contributed by atoms with Crippen molar-refractivity contribution in [1.82, 2.24) is 4.90 Å². The molecule has 0 amide bonds. The van der Waals surface area contributed by atoms with Crippen LogP contribution in [-0.2, 0) is 4.79 Å². The molecule has 0 aromatic heterocycles. The number of hydrogen-bond acceptors (Lipinski definition) is 3. The second kappa shape index (κ2) is 5.27. The normalized spacial score (nSPS) is 19.4. The fourth-order valence-corrected chi connectivity index (χ4v) is 1.61. The third-order valence-corrected chi connectivity index (χ3v) is 2.27. The van der Waals surface area contributed by atoms with Gasteiger partial charge >= 0.3 is 0 Å². The molecule has 3 nitrogen and oxygen atoms in total. The molecule has 0 spiro atoms. The highest BCUT2D eigenvalue weighted by atomic mass is 16.1. The van der Waals surface area contributed by atoms with Crippen LogP contribution in [0.15, 0.2) is 0 Å². The van der Waals surface area contributed by atoms with Crippen molar-refractivity contribution in [3.05, 3.63) is 0 Å². The van der Waals surface area contributed by atoms with Crippen molar-refractivity contribution in [3.63, 3.8) is 0 Å². The Bertz CT molecular complexity index is 141. The zero-order chi connectivity index (χ0) is 8.81. The molecule has 1 rings (SSSR count). The molecular formula is C9H18N2O. The van der Waals surface area contributed by atoms with Gasteiger partial charge in [-0.15, -0.1) is 0 Å². The Morgan fingerprint density at radius 3 is 2.50 bits per heavy atom. The summed E-state index contributed by atoms with van der Waals surface area (Å²) in [4.78, 5) is 13.4. The van der Waals surface area contributed by atoms with E-state index in [9.17, 15) is 4.79 Å². The molecule has 3 heteroatoms. The summed E-state index contributed by atoms with van der Waals surface area (Å²) in [6.45, 7) is 3.30. The van der Waals surface area contributed by atoms with Crippen LogP contribution in [0.5, 0.6) is 0 Å². The standard InChI is InChI=1S/C9H18N2O/c10-5-4-9(12)8-11-6-2-1-3-7-11/h1-8,10H2. The molecule has 70 valence electrons. The smallest absolute Gasteiger partial charge is 0.148 e. The largest absolute Gasteiger partial charge is 0.330 e. The molecule has 2 N–H and O–H groups in total. The average Bonchev–Trinajstić information content (AvgIpc) is 2.06. The number of rotatable bonds is 4. The van der Waals surface area contributed by atoms with Gasteiger partial charge in [0.2, 0.25) is 0 Å². The summed E-state index contributed by atoms with van der Waals surface area (Å²) in [5.41, 5.74) is 5.30. The molecule has 0 aromatic carbocycles. The zero-order valence-electron chi connectivity index (χ0n) is 7.59. The summed E-state index contributed by atoms with van der Waals surface area (Å²) in [5.74, 6) is 0.291. The summed E-state index contributed by atoms with van der Waals surface area (Å²) in [6, 6.07) is 0. The SMILES string of the molecule is NCCC(=O)CN1CCCCC1. The monoisotopic (exact) mass is 170 g/mol. The number of hydrogen-bond donors (Lipinski definition) is 1. The van der Waals surface area contributed by atoms with E-state index in [0.29, 0.717) is 25.3 Å². The maximum Gasteiger partial charge on any atom is 0.148 e. The second-order valence-electron chi connectivity index (χ2n) is 3.41. The molecule has 0 aromatic rings. The van der Waals surface area contributed by atoms with E-state index in [1.54, 1.807) is 0 Å². The molecular weight excluding hydrogens is 152 g/mol. The van der Waals surface area contributed by atoms with Crippen molar-refractivity contribution in [2.75, 3.05) is 26.2 Å². The van der Waals surface area contributed by atoms with Gasteiger partial charge in [-0.05, 0) is 32.5 Å². The summed E-state index contributed by atoms with van der Waals surface area (Å²) < 4.78 is 0. The maximum absolute atomic E-state index is 11.2. The van der Waals surface area contributed by atoms with Crippen molar-refractivity contribution in [3.8, 4) is 0 Å². The van der Waals surface area contributed by atoms with Crippen LogP contribution in [0.25, 0.3) is 0 Å². The maximum atomic E-state index is 11.2. The highest BCUT2D eigenvalue weighted by molar-refractivity contribution is 5.80. The molecule has 1 heterocycles. The van der Waals surface area contributed by atoms with Crippen LogP contribution in [0.3, 0.4) is 0 Å². The van der Waals surface area contributed by atoms with Gasteiger partial charge in [0.15, 0.2) is 0 Å². The van der Waals surface area contributed by atoms with Crippen molar-refractivity contribution >= 4 is 5.78 Å². The lowest BCUT2D eigenvalue weighted by Gasteiger charge is -2.25. The fraction of sp³-hybridized carbons (Fsp3) is 0.889. The first-order valence-electron chi connectivity index (χ1n) is 4.77. The van der Waals surface area contributed by atoms with Crippen molar-refractivity contribution in [2.45, 2.75) is 25.7 Å². The molecule has 1 saturated heterocycles. The molecule has 1 fully saturated rings. The minimum Gasteiger partial charge on any atom is -0.330 e. The lowest BCUT2D eigenvalue weighted by Crippen LogP contribution is -2.34. The first-order valence-corrected chi connectivity index (χ1v) is 4.77. The molecule has 0 atom stereocenters. The Labute approximate surface area is 73.9 Å². The summed E-state index contributed by atoms with van der Waals surface area (Å²) >= 11 is 0. The van der Waals surface area contributed by atoms with Gasteiger partial charge in [0.1, 0.15) is 5.78 Å². The lowest BCUT2D eigenvalue weighted by atomic mass is 10.1. The van der Waals surface area contributed by atoms with E-state index in [4.69, 9.17) is 5.73 Å². The van der Waals surface area contributed by atoms with Gasteiger partial charge in [0, 0.05) is 6.42 Å². The van der Waals surface area contributed by atoms with Crippen molar-refractivity contribution in [1.29, 1.82) is 0 Å². The molecule has 0 radical (unpaired) electrons. The molecule has 0 unspecified atom stereocenters. The van der Waals surface area contributed by atoms with Crippen LogP contribution < -0.4 is 5.73 Å². The van der Waals surface area contributed by atoms with Crippen molar-refractivity contribution in [2.24, 2.45) is 5.73 Å². The topological polar surface area (TPSA) is 46.3 Å². The zero-order valence-corrected chi connectivity index (χ0v) is 7.59. The van der Waals surface area contributed by atoms with Crippen LogP contribution in [0.4, 0.5) is 0 Å². The third kappa shape index (κ3) is 3.32. The Morgan fingerprint density at radius 2 is 1.92 bits per heavy atom. The molecule has 0 saturated carbocycles. The molecule has 0 aliphatic carbocycles. The van der Waals surface area contributed by atoms with E-state index in [0.717, 1.165) is 13.1 Å². The number of nitrogens with two attached hydrogens (primary N) is 1. The molecule has 12 heavy (non-hydrogen) atoms. The number of piperidine rings is 1. The van der Waals surface area contributed by atoms with Crippen LogP contribution in [0, 0.1) is 0 Å². The van der Waals surface area contributed by atoms with E-state index in [2.05, 4.69) is 4.90 Å². The van der Waals surface area contributed by atoms with E-state index >= 15 is 0 Å². The molecule has 1 aliphatic heterocycles. The van der Waals surface area contributed by atoms with E-state index in [1.807, 2.05) is 0 Å². The minimum atomic E-state index is 0.291. The second-order valence-corrected chi connectivity index (χ2v) is 3.41. The number of carbonyl (C=O) groups excluding carboxylic acids is 1. The summed E-state index contributed by atoms with van der Waals surface area (Å²) in [6.07, 6.45) is 4.35. The predicted octanol–water partition coefficient (Wildman–Crippen LogP) is 0.390. The van der Waals surface area contributed by atoms with Crippen molar-refractivity contribution < 1.29 is 4.79 Å². The van der Waals surface area contributed by atoms with Gasteiger partial charge in [-0.3, -0.25) is 9.69 Å². The van der Waals surface area contributed by atoms with E-state index < -0.39 is 0 Å². The predicted molar refractivity (Wildman–Crippen MR) is 49.0 cm³/mol. The molecule has 1 aliphatic rings. The minimum absolute atomic E-state index is 0.291. The Hall–Kier alpha value is -0.410. The highest BCUT2D eigenvalue weighted by Gasteiger charge is 2.12. The number of carbonyl (C=O) groups is 1. The van der Waals surface area contributed by atoms with Crippen LogP contribution in [0.2, 0.25) is 0 Å². The quantitative estimate of drug-likeness (QED) is 0.664. The fourth-order valence-electron chi connectivity index (χ4n) is 1.61. The summed E-state index contributed by atoms with van der Waals surface area (Å²) in [5, 5.41) is 0. The van der Waals surface area contributed by atoms with Gasteiger partial charge in [-0.2, -0.15) is 0 Å². The van der Waals surface area contributed by atoms with Gasteiger partial charge in [0.25, 0.3) is 0 Å². The van der Waals surface area contributed by atoms with E-state index in [-0.39, 0.29) is 0 Å². The Kier molecular flexibility index (Phi) is 4.25. The van der Waals surface area contributed by atoms with E-state index in [1.165, 1.54) is 19.3 Å². The number of likely N-dealkylation sites (tertiary alicyclic amines) is 1. The average molecular weight is 170 g/mol. The van der Waals surface area contributed by atoms with Gasteiger partial charge in [-0.25, -0.2) is 0 Å². The van der Waals surface area contributed by atoms with Crippen LogP contribution >= 0.6 is 0 Å². The van der Waals surface area contributed by atoms with Gasteiger partial charge in [0.05, 0.1) is 6.54 Å². The van der Waals surface area contributed by atoms with Gasteiger partial charge in [-0.1, -0.05) is 6.42 Å². The number of ketones is 1. The third-order valence-electron chi connectivity index (χ3n) is 2.27. The number of nitrogens with zero attached hydrogens (tertiary/aromatic N) is 1. The van der Waals surface area contributed by atoms with Crippen LogP contribution in [-0.4, -0.2) is 36.9 Å². The lowest BCUT2D eigenvalue weighted by molar-refractivity contribution is -0.120. The Balaban J connectivity index is 2.15. The highest BCUT2D eigenvalue weighted by Crippen LogP contribution is 2.07. The van der Waals surface area contributed by atoms with Gasteiger partial charge < -0.3 is 5.73 Å².